The van der Waals surface area contributed by atoms with Crippen LogP contribution in [-0.2, 0) is 22.5 Å². The summed E-state index contributed by atoms with van der Waals surface area (Å²) >= 11 is 0. The Morgan fingerprint density at radius 3 is 2.96 bits per heavy atom. The van der Waals surface area contributed by atoms with Gasteiger partial charge in [-0.1, -0.05) is 6.07 Å². The number of aromatic amines is 2. The summed E-state index contributed by atoms with van der Waals surface area (Å²) in [6, 6.07) is 5.20. The molecule has 1 aromatic carbocycles. The molecule has 2 aromatic rings. The third-order valence-electron chi connectivity index (χ3n) is 3.98. The van der Waals surface area contributed by atoms with Gasteiger partial charge in [0, 0.05) is 23.4 Å². The standard InChI is InChI=1S/C15H16BN3O5/c1-8-12(18-15(22)19-14(8)21)4-5-13(20)17-10-3-2-9-7-24-16(23)11(9)6-10/h2-3,6,23H,4-5,7H2,1H3,(H,17,20)(H2,18,19,21,22). The number of aromatic nitrogens is 2. The third kappa shape index (κ3) is 3.31. The van der Waals surface area contributed by atoms with E-state index >= 15 is 0 Å². The van der Waals surface area contributed by atoms with E-state index in [2.05, 4.69) is 15.3 Å². The highest BCUT2D eigenvalue weighted by Crippen LogP contribution is 2.15. The molecule has 0 unspecified atom stereocenters. The van der Waals surface area contributed by atoms with E-state index in [0.717, 1.165) is 5.56 Å². The van der Waals surface area contributed by atoms with Crippen molar-refractivity contribution >= 4 is 24.2 Å². The quantitative estimate of drug-likeness (QED) is 0.545. The molecule has 9 heteroatoms. The van der Waals surface area contributed by atoms with Crippen LogP contribution in [0, 0.1) is 6.92 Å². The van der Waals surface area contributed by atoms with E-state index in [1.807, 2.05) is 0 Å². The van der Waals surface area contributed by atoms with Crippen molar-refractivity contribution < 1.29 is 14.5 Å². The Hall–Kier alpha value is -2.65. The number of benzene rings is 1. The van der Waals surface area contributed by atoms with Crippen molar-refractivity contribution in [2.45, 2.75) is 26.4 Å². The van der Waals surface area contributed by atoms with Crippen molar-refractivity contribution in [2.75, 3.05) is 5.32 Å². The Balaban J connectivity index is 1.66. The van der Waals surface area contributed by atoms with E-state index in [4.69, 9.17) is 4.65 Å². The molecule has 124 valence electrons. The fourth-order valence-corrected chi connectivity index (χ4v) is 2.60. The van der Waals surface area contributed by atoms with E-state index in [1.54, 1.807) is 25.1 Å². The summed E-state index contributed by atoms with van der Waals surface area (Å²) in [4.78, 5) is 39.5. The average molecular weight is 329 g/mol. The maximum absolute atomic E-state index is 12.1. The minimum Gasteiger partial charge on any atom is -0.423 e. The van der Waals surface area contributed by atoms with Crippen LogP contribution in [0.1, 0.15) is 23.2 Å². The molecule has 1 aliphatic rings. The summed E-state index contributed by atoms with van der Waals surface area (Å²) in [7, 11) is -0.972. The summed E-state index contributed by atoms with van der Waals surface area (Å²) in [5.41, 5.74) is 1.87. The summed E-state index contributed by atoms with van der Waals surface area (Å²) in [6.07, 6.45) is 0.351. The molecule has 8 nitrogen and oxygen atoms in total. The first-order chi connectivity index (χ1) is 11.4. The molecule has 0 saturated heterocycles. The largest absolute Gasteiger partial charge is 0.491 e. The summed E-state index contributed by atoms with van der Waals surface area (Å²) in [5.74, 6) is -0.260. The van der Waals surface area contributed by atoms with Crippen LogP contribution in [0.15, 0.2) is 27.8 Å². The molecule has 0 spiro atoms. The van der Waals surface area contributed by atoms with Gasteiger partial charge in [0.2, 0.25) is 5.91 Å². The minimum atomic E-state index is -0.972. The number of hydrogen-bond donors (Lipinski definition) is 4. The molecule has 0 bridgehead atoms. The topological polar surface area (TPSA) is 124 Å². The van der Waals surface area contributed by atoms with E-state index in [1.165, 1.54) is 0 Å². The molecule has 1 amide bonds. The number of aryl methyl sites for hydroxylation is 1. The van der Waals surface area contributed by atoms with Crippen LogP contribution in [0.3, 0.4) is 0 Å². The predicted molar refractivity (Wildman–Crippen MR) is 88.2 cm³/mol. The molecule has 1 aromatic heterocycles. The maximum atomic E-state index is 12.1. The molecule has 0 radical (unpaired) electrons. The highest BCUT2D eigenvalue weighted by molar-refractivity contribution is 6.61. The molecule has 0 saturated carbocycles. The number of H-pyrrole nitrogens is 2. The van der Waals surface area contributed by atoms with E-state index < -0.39 is 18.4 Å². The SMILES string of the molecule is Cc1c(CCC(=O)Nc2ccc3c(c2)B(O)OC3)[nH]c(=O)[nH]c1=O. The van der Waals surface area contributed by atoms with Crippen molar-refractivity contribution in [1.29, 1.82) is 0 Å². The van der Waals surface area contributed by atoms with Crippen LogP contribution < -0.4 is 22.0 Å². The fourth-order valence-electron chi connectivity index (χ4n) is 2.60. The van der Waals surface area contributed by atoms with E-state index in [9.17, 15) is 19.4 Å². The lowest BCUT2D eigenvalue weighted by atomic mass is 9.79. The first kappa shape index (κ1) is 16.2. The number of amides is 1. The van der Waals surface area contributed by atoms with Crippen LogP contribution in [0.25, 0.3) is 0 Å². The van der Waals surface area contributed by atoms with Gasteiger partial charge in [-0.2, -0.15) is 0 Å². The first-order valence-corrected chi connectivity index (χ1v) is 7.48. The van der Waals surface area contributed by atoms with Gasteiger partial charge in [-0.15, -0.1) is 0 Å². The molecular weight excluding hydrogens is 313 g/mol. The predicted octanol–water partition coefficient (Wildman–Crippen LogP) is -0.839. The first-order valence-electron chi connectivity index (χ1n) is 7.48. The van der Waals surface area contributed by atoms with Crippen molar-refractivity contribution in [2.24, 2.45) is 0 Å². The van der Waals surface area contributed by atoms with Gasteiger partial charge in [0.25, 0.3) is 5.56 Å². The molecule has 0 aliphatic carbocycles. The lowest BCUT2D eigenvalue weighted by molar-refractivity contribution is -0.116. The zero-order valence-corrected chi connectivity index (χ0v) is 13.0. The normalized spacial score (nSPS) is 13.0. The van der Waals surface area contributed by atoms with E-state index in [0.29, 0.717) is 29.0 Å². The van der Waals surface area contributed by atoms with Gasteiger partial charge in [-0.25, -0.2) is 4.79 Å². The molecule has 0 atom stereocenters. The molecule has 0 fully saturated rings. The number of carbonyl (C=O) groups is 1. The number of hydrogen-bond acceptors (Lipinski definition) is 5. The van der Waals surface area contributed by atoms with Crippen LogP contribution in [0.4, 0.5) is 5.69 Å². The zero-order valence-electron chi connectivity index (χ0n) is 13.0. The number of fused-ring (bicyclic) bond motifs is 1. The highest BCUT2D eigenvalue weighted by Gasteiger charge is 2.27. The van der Waals surface area contributed by atoms with Gasteiger partial charge in [-0.05, 0) is 36.5 Å². The van der Waals surface area contributed by atoms with Crippen LogP contribution in [-0.4, -0.2) is 28.0 Å². The van der Waals surface area contributed by atoms with Gasteiger partial charge in [-0.3, -0.25) is 14.6 Å². The van der Waals surface area contributed by atoms with Gasteiger partial charge in [0.1, 0.15) is 0 Å². The van der Waals surface area contributed by atoms with E-state index in [-0.39, 0.29) is 18.7 Å². The second kappa shape index (κ2) is 6.46. The monoisotopic (exact) mass is 329 g/mol. The summed E-state index contributed by atoms with van der Waals surface area (Å²) in [6.45, 7) is 1.93. The lowest BCUT2D eigenvalue weighted by Crippen LogP contribution is -2.28. The Morgan fingerprint density at radius 1 is 1.38 bits per heavy atom. The molecule has 2 heterocycles. The number of carbonyl (C=O) groups excluding carboxylic acids is 1. The van der Waals surface area contributed by atoms with Gasteiger partial charge < -0.3 is 20.0 Å². The Morgan fingerprint density at radius 2 is 2.17 bits per heavy atom. The Labute approximate surface area is 137 Å². The summed E-state index contributed by atoms with van der Waals surface area (Å²) in [5, 5.41) is 12.4. The van der Waals surface area contributed by atoms with Crippen molar-refractivity contribution in [3.05, 3.63) is 55.9 Å². The molecular formula is C15H16BN3O5. The van der Waals surface area contributed by atoms with Gasteiger partial charge in [0.15, 0.2) is 0 Å². The second-order valence-corrected chi connectivity index (χ2v) is 5.64. The van der Waals surface area contributed by atoms with Crippen molar-refractivity contribution in [1.82, 2.24) is 9.97 Å². The highest BCUT2D eigenvalue weighted by atomic mass is 16.5. The smallest absolute Gasteiger partial charge is 0.423 e. The van der Waals surface area contributed by atoms with Crippen LogP contribution in [0.5, 0.6) is 0 Å². The second-order valence-electron chi connectivity index (χ2n) is 5.64. The van der Waals surface area contributed by atoms with Gasteiger partial charge >= 0.3 is 12.8 Å². The van der Waals surface area contributed by atoms with Crippen molar-refractivity contribution in [3.63, 3.8) is 0 Å². The Kier molecular flexibility index (Phi) is 4.37. The van der Waals surface area contributed by atoms with Crippen molar-refractivity contribution in [3.8, 4) is 0 Å². The molecule has 1 aliphatic heterocycles. The average Bonchev–Trinajstić information content (AvgIpc) is 2.90. The van der Waals surface area contributed by atoms with Gasteiger partial charge in [0.05, 0.1) is 6.61 Å². The Bertz CT molecular complexity index is 905. The molecule has 24 heavy (non-hydrogen) atoms. The van der Waals surface area contributed by atoms with Crippen LogP contribution >= 0.6 is 0 Å². The molecule has 3 rings (SSSR count). The number of anilines is 1. The lowest BCUT2D eigenvalue weighted by Gasteiger charge is -2.08. The number of rotatable bonds is 4. The van der Waals surface area contributed by atoms with Crippen LogP contribution in [0.2, 0.25) is 0 Å². The minimum absolute atomic E-state index is 0.108. The fraction of sp³-hybridized carbons (Fsp3) is 0.267. The summed E-state index contributed by atoms with van der Waals surface area (Å²) < 4.78 is 5.10. The third-order valence-corrected chi connectivity index (χ3v) is 3.98. The molecule has 4 N–H and O–H groups in total. The zero-order chi connectivity index (χ0) is 17.3. The number of nitrogens with one attached hydrogen (secondary N) is 3. The maximum Gasteiger partial charge on any atom is 0.491 e.